The molecule has 3 heteroatoms. The molecule has 0 atom stereocenters. The Kier molecular flexibility index (Phi) is 1.63. The van der Waals surface area contributed by atoms with Gasteiger partial charge in [-0.2, -0.15) is 5.26 Å². The lowest BCUT2D eigenvalue weighted by molar-refractivity contribution is 0.609. The van der Waals surface area contributed by atoms with Gasteiger partial charge in [0.15, 0.2) is 0 Å². The van der Waals surface area contributed by atoms with Crippen LogP contribution in [0.4, 0.5) is 4.39 Å². The quantitative estimate of drug-likeness (QED) is 0.540. The number of aryl methyl sites for hydroxylation is 1. The highest BCUT2D eigenvalue weighted by molar-refractivity contribution is 5.22. The molecule has 0 N–H and O–H groups in total. The predicted octanol–water partition coefficient (Wildman–Crippen LogP) is 1.40. The summed E-state index contributed by atoms with van der Waals surface area (Å²) in [5.41, 5.74) is 0.512. The van der Waals surface area contributed by atoms with E-state index in [0.717, 1.165) is 0 Å². The van der Waals surface area contributed by atoms with Gasteiger partial charge in [-0.3, -0.25) is 0 Å². The molecule has 0 saturated heterocycles. The van der Waals surface area contributed by atoms with Crippen LogP contribution >= 0.6 is 0 Å². The van der Waals surface area contributed by atoms with Crippen LogP contribution in [0, 0.1) is 24.1 Å². The van der Waals surface area contributed by atoms with Crippen molar-refractivity contribution in [2.45, 2.75) is 6.92 Å². The summed E-state index contributed by atoms with van der Waals surface area (Å²) in [6.07, 6.45) is 0. The standard InChI is InChI=1S/C7H5FN2/c1-5-7(8)3-2-6(4-9)10-5/h2-3H,1H3. The van der Waals surface area contributed by atoms with E-state index in [2.05, 4.69) is 4.98 Å². The normalized spacial score (nSPS) is 8.90. The van der Waals surface area contributed by atoms with Gasteiger partial charge >= 0.3 is 0 Å². The largest absolute Gasteiger partial charge is 0.239 e. The van der Waals surface area contributed by atoms with Crippen molar-refractivity contribution in [3.63, 3.8) is 0 Å². The zero-order valence-corrected chi connectivity index (χ0v) is 5.43. The number of nitrogens with zero attached hydrogens (tertiary/aromatic N) is 2. The van der Waals surface area contributed by atoms with Crippen LogP contribution in [0.25, 0.3) is 0 Å². The van der Waals surface area contributed by atoms with E-state index in [1.165, 1.54) is 19.1 Å². The van der Waals surface area contributed by atoms with Gasteiger partial charge in [-0.25, -0.2) is 9.37 Å². The van der Waals surface area contributed by atoms with Gasteiger partial charge < -0.3 is 0 Å². The van der Waals surface area contributed by atoms with Crippen LogP contribution in [0.1, 0.15) is 11.4 Å². The van der Waals surface area contributed by atoms with E-state index in [1.807, 2.05) is 6.07 Å². The summed E-state index contributed by atoms with van der Waals surface area (Å²) in [6, 6.07) is 4.40. The highest BCUT2D eigenvalue weighted by atomic mass is 19.1. The van der Waals surface area contributed by atoms with Gasteiger partial charge in [0, 0.05) is 0 Å². The SMILES string of the molecule is Cc1nc(C#N)ccc1F. The molecule has 2 nitrogen and oxygen atoms in total. The van der Waals surface area contributed by atoms with Gasteiger partial charge in [0.2, 0.25) is 0 Å². The summed E-state index contributed by atoms with van der Waals surface area (Å²) in [5, 5.41) is 8.32. The fourth-order valence-corrected chi connectivity index (χ4v) is 0.606. The van der Waals surface area contributed by atoms with Crippen molar-refractivity contribution >= 4 is 0 Å². The van der Waals surface area contributed by atoms with Gasteiger partial charge in [-0.1, -0.05) is 0 Å². The Morgan fingerprint density at radius 1 is 1.60 bits per heavy atom. The van der Waals surface area contributed by atoms with Gasteiger partial charge in [0.05, 0.1) is 5.69 Å². The van der Waals surface area contributed by atoms with E-state index in [-0.39, 0.29) is 17.2 Å². The fourth-order valence-electron chi connectivity index (χ4n) is 0.606. The molecule has 0 radical (unpaired) electrons. The number of pyridine rings is 1. The molecule has 10 heavy (non-hydrogen) atoms. The van der Waals surface area contributed by atoms with Crippen molar-refractivity contribution in [2.75, 3.05) is 0 Å². The second kappa shape index (κ2) is 2.44. The lowest BCUT2D eigenvalue weighted by Gasteiger charge is -1.92. The smallest absolute Gasteiger partial charge is 0.144 e. The molecule has 0 amide bonds. The molecule has 0 unspecified atom stereocenters. The Balaban J connectivity index is 3.20. The highest BCUT2D eigenvalue weighted by Crippen LogP contribution is 2.02. The van der Waals surface area contributed by atoms with E-state index >= 15 is 0 Å². The van der Waals surface area contributed by atoms with Crippen molar-refractivity contribution < 1.29 is 4.39 Å². The minimum absolute atomic E-state index is 0.249. The monoisotopic (exact) mass is 136 g/mol. The van der Waals surface area contributed by atoms with E-state index in [0.29, 0.717) is 0 Å². The number of aromatic nitrogens is 1. The van der Waals surface area contributed by atoms with Crippen LogP contribution < -0.4 is 0 Å². The number of hydrogen-bond acceptors (Lipinski definition) is 2. The zero-order valence-electron chi connectivity index (χ0n) is 5.43. The molecular formula is C7H5FN2. The van der Waals surface area contributed by atoms with Gasteiger partial charge in [-0.05, 0) is 19.1 Å². The molecule has 1 aromatic heterocycles. The van der Waals surface area contributed by atoms with Crippen LogP contribution in [0.2, 0.25) is 0 Å². The first-order chi connectivity index (χ1) is 4.74. The predicted molar refractivity (Wildman–Crippen MR) is 33.6 cm³/mol. The van der Waals surface area contributed by atoms with Crippen molar-refractivity contribution in [1.29, 1.82) is 5.26 Å². The lowest BCUT2D eigenvalue weighted by atomic mass is 10.3. The maximum absolute atomic E-state index is 12.5. The Bertz CT molecular complexity index is 288. The van der Waals surface area contributed by atoms with E-state index in [1.54, 1.807) is 0 Å². The maximum Gasteiger partial charge on any atom is 0.144 e. The van der Waals surface area contributed by atoms with Crippen LogP contribution in [0.15, 0.2) is 12.1 Å². The minimum Gasteiger partial charge on any atom is -0.239 e. The molecule has 0 aliphatic carbocycles. The number of rotatable bonds is 0. The summed E-state index contributed by atoms with van der Waals surface area (Å²) in [5.74, 6) is -0.376. The number of halogens is 1. The minimum atomic E-state index is -0.376. The first-order valence-electron chi connectivity index (χ1n) is 2.77. The number of hydrogen-bond donors (Lipinski definition) is 0. The van der Waals surface area contributed by atoms with Crippen molar-refractivity contribution in [3.8, 4) is 6.07 Å². The molecule has 1 heterocycles. The molecule has 0 saturated carbocycles. The lowest BCUT2D eigenvalue weighted by Crippen LogP contribution is -1.89. The van der Waals surface area contributed by atoms with Gasteiger partial charge in [0.1, 0.15) is 17.6 Å². The molecule has 1 rings (SSSR count). The molecule has 1 aromatic rings. The van der Waals surface area contributed by atoms with Crippen molar-refractivity contribution in [2.24, 2.45) is 0 Å². The first-order valence-corrected chi connectivity index (χ1v) is 2.77. The molecular weight excluding hydrogens is 131 g/mol. The molecule has 50 valence electrons. The summed E-state index contributed by atoms with van der Waals surface area (Å²) < 4.78 is 12.5. The van der Waals surface area contributed by atoms with Crippen molar-refractivity contribution in [1.82, 2.24) is 4.98 Å². The molecule has 0 bridgehead atoms. The third-order valence-electron chi connectivity index (χ3n) is 1.14. The van der Waals surface area contributed by atoms with Gasteiger partial charge in [-0.15, -0.1) is 0 Å². The summed E-state index contributed by atoms with van der Waals surface area (Å²) in [4.78, 5) is 3.66. The molecule has 0 aliphatic heterocycles. The summed E-state index contributed by atoms with van der Waals surface area (Å²) in [7, 11) is 0. The third-order valence-corrected chi connectivity index (χ3v) is 1.14. The fraction of sp³-hybridized carbons (Fsp3) is 0.143. The van der Waals surface area contributed by atoms with Crippen LogP contribution in [-0.2, 0) is 0 Å². The number of nitriles is 1. The summed E-state index contributed by atoms with van der Waals surface area (Å²) in [6.45, 7) is 1.52. The average molecular weight is 136 g/mol. The Morgan fingerprint density at radius 2 is 2.30 bits per heavy atom. The first kappa shape index (κ1) is 6.69. The zero-order chi connectivity index (χ0) is 7.56. The van der Waals surface area contributed by atoms with Crippen LogP contribution in [0.5, 0.6) is 0 Å². The van der Waals surface area contributed by atoms with Crippen LogP contribution in [-0.4, -0.2) is 4.98 Å². The molecule has 0 spiro atoms. The van der Waals surface area contributed by atoms with E-state index < -0.39 is 0 Å². The highest BCUT2D eigenvalue weighted by Gasteiger charge is 1.97. The maximum atomic E-state index is 12.5. The third kappa shape index (κ3) is 1.11. The Labute approximate surface area is 57.9 Å². The topological polar surface area (TPSA) is 36.7 Å². The van der Waals surface area contributed by atoms with E-state index in [9.17, 15) is 4.39 Å². The van der Waals surface area contributed by atoms with Gasteiger partial charge in [0.25, 0.3) is 0 Å². The molecule has 0 aromatic carbocycles. The second-order valence-corrected chi connectivity index (χ2v) is 1.88. The Hall–Kier alpha value is -1.43. The summed E-state index contributed by atoms with van der Waals surface area (Å²) >= 11 is 0. The van der Waals surface area contributed by atoms with Crippen molar-refractivity contribution in [3.05, 3.63) is 29.3 Å². The second-order valence-electron chi connectivity index (χ2n) is 1.88. The van der Waals surface area contributed by atoms with Crippen LogP contribution in [0.3, 0.4) is 0 Å². The Morgan fingerprint density at radius 3 is 2.80 bits per heavy atom. The van der Waals surface area contributed by atoms with E-state index in [4.69, 9.17) is 5.26 Å². The molecule has 0 fully saturated rings. The average Bonchev–Trinajstić information content (AvgIpc) is 1.95. The molecule has 0 aliphatic rings.